The van der Waals surface area contributed by atoms with Crippen LogP contribution in [0.5, 0.6) is 0 Å². The number of aliphatic hydroxyl groups is 1. The maximum atomic E-state index is 11.7. The first-order chi connectivity index (χ1) is 11.6. The molecule has 4 nitrogen and oxygen atoms in total. The van der Waals surface area contributed by atoms with Crippen LogP contribution >= 0.6 is 0 Å². The Bertz CT molecular complexity index is 515. The van der Waals surface area contributed by atoms with Crippen LogP contribution in [0.3, 0.4) is 0 Å². The molecule has 1 heterocycles. The van der Waals surface area contributed by atoms with Crippen molar-refractivity contribution in [2.45, 2.75) is 69.9 Å². The van der Waals surface area contributed by atoms with Crippen molar-refractivity contribution < 1.29 is 14.6 Å². The van der Waals surface area contributed by atoms with E-state index >= 15 is 0 Å². The van der Waals surface area contributed by atoms with Crippen molar-refractivity contribution in [1.82, 2.24) is 4.90 Å². The summed E-state index contributed by atoms with van der Waals surface area (Å²) in [4.78, 5) is 2.44. The van der Waals surface area contributed by atoms with E-state index in [-0.39, 0.29) is 6.04 Å². The maximum Gasteiger partial charge on any atom is 0.200 e. The average molecular weight is 333 g/mol. The number of likely N-dealkylation sites (tertiary alicyclic amines) is 1. The number of hydrogen-bond donors (Lipinski definition) is 1. The highest BCUT2D eigenvalue weighted by Crippen LogP contribution is 2.47. The first-order valence-corrected chi connectivity index (χ1v) is 9.43. The molecule has 2 fully saturated rings. The summed E-state index contributed by atoms with van der Waals surface area (Å²) < 4.78 is 12.2. The standard InChI is InChI=1S/C20H31NO3/c1-3-23-20(24-4-2)14-15-21(16-17-10-6-5-7-11-17)18-12-8-9-13-19(18,20)22/h5-7,10-11,18,22H,3-4,8-9,12-16H2,1-2H3. The minimum absolute atomic E-state index is 0.0957. The smallest absolute Gasteiger partial charge is 0.200 e. The molecule has 2 aliphatic rings. The fourth-order valence-corrected chi connectivity index (χ4v) is 4.64. The molecule has 134 valence electrons. The predicted molar refractivity (Wildman–Crippen MR) is 94.7 cm³/mol. The van der Waals surface area contributed by atoms with Crippen LogP contribution in [-0.4, -0.2) is 47.2 Å². The van der Waals surface area contributed by atoms with E-state index in [1.807, 2.05) is 19.9 Å². The molecule has 2 atom stereocenters. The quantitative estimate of drug-likeness (QED) is 0.811. The largest absolute Gasteiger partial charge is 0.383 e. The molecule has 0 bridgehead atoms. The SMILES string of the molecule is CCOC1(OCC)CCN(Cc2ccccc2)C2CCCCC21O. The van der Waals surface area contributed by atoms with E-state index in [9.17, 15) is 5.11 Å². The molecular formula is C20H31NO3. The van der Waals surface area contributed by atoms with Crippen molar-refractivity contribution in [1.29, 1.82) is 0 Å². The predicted octanol–water partition coefficient (Wildman–Crippen LogP) is 3.34. The summed E-state index contributed by atoms with van der Waals surface area (Å²) in [5.74, 6) is -0.852. The molecule has 1 aliphatic heterocycles. The molecular weight excluding hydrogens is 302 g/mol. The number of benzene rings is 1. The second-order valence-electron chi connectivity index (χ2n) is 7.01. The van der Waals surface area contributed by atoms with Gasteiger partial charge in [-0.1, -0.05) is 43.2 Å². The molecule has 1 aromatic rings. The molecule has 0 amide bonds. The summed E-state index contributed by atoms with van der Waals surface area (Å²) in [6.45, 7) is 6.86. The van der Waals surface area contributed by atoms with E-state index in [0.29, 0.717) is 19.6 Å². The highest BCUT2D eigenvalue weighted by Gasteiger charge is 2.61. The van der Waals surface area contributed by atoms with Gasteiger partial charge >= 0.3 is 0 Å². The van der Waals surface area contributed by atoms with E-state index in [4.69, 9.17) is 9.47 Å². The van der Waals surface area contributed by atoms with Gasteiger partial charge in [0.1, 0.15) is 5.60 Å². The molecule has 24 heavy (non-hydrogen) atoms. The normalized spacial score (nSPS) is 30.0. The first-order valence-electron chi connectivity index (χ1n) is 9.43. The van der Waals surface area contributed by atoms with Crippen LogP contribution in [0.4, 0.5) is 0 Å². The Kier molecular flexibility index (Phi) is 5.60. The Morgan fingerprint density at radius 1 is 1.08 bits per heavy atom. The highest BCUT2D eigenvalue weighted by atomic mass is 16.7. The molecule has 0 spiro atoms. The van der Waals surface area contributed by atoms with Crippen LogP contribution in [0.15, 0.2) is 30.3 Å². The lowest BCUT2D eigenvalue weighted by Gasteiger charge is -2.58. The number of piperidine rings is 1. The van der Waals surface area contributed by atoms with Gasteiger partial charge in [-0.05, 0) is 32.3 Å². The zero-order chi connectivity index (χ0) is 17.0. The summed E-state index contributed by atoms with van der Waals surface area (Å²) in [5.41, 5.74) is 0.371. The van der Waals surface area contributed by atoms with Crippen LogP contribution in [0.25, 0.3) is 0 Å². The fraction of sp³-hybridized carbons (Fsp3) is 0.700. The Hall–Kier alpha value is -0.940. The highest BCUT2D eigenvalue weighted by molar-refractivity contribution is 5.17. The molecule has 0 radical (unpaired) electrons. The van der Waals surface area contributed by atoms with Gasteiger partial charge in [0.05, 0.1) is 0 Å². The van der Waals surface area contributed by atoms with Gasteiger partial charge in [-0.2, -0.15) is 0 Å². The van der Waals surface area contributed by atoms with Gasteiger partial charge in [-0.3, -0.25) is 4.90 Å². The summed E-state index contributed by atoms with van der Waals surface area (Å²) in [5, 5.41) is 11.7. The van der Waals surface area contributed by atoms with Gasteiger partial charge in [-0.25, -0.2) is 0 Å². The van der Waals surface area contributed by atoms with Gasteiger partial charge in [0.25, 0.3) is 0 Å². The lowest BCUT2D eigenvalue weighted by Crippen LogP contribution is -2.72. The van der Waals surface area contributed by atoms with E-state index in [0.717, 1.165) is 38.8 Å². The molecule has 2 unspecified atom stereocenters. The topological polar surface area (TPSA) is 41.9 Å². The maximum absolute atomic E-state index is 11.7. The van der Waals surface area contributed by atoms with Gasteiger partial charge in [0, 0.05) is 38.8 Å². The van der Waals surface area contributed by atoms with Crippen molar-refractivity contribution in [3.8, 4) is 0 Å². The van der Waals surface area contributed by atoms with Crippen LogP contribution in [-0.2, 0) is 16.0 Å². The van der Waals surface area contributed by atoms with Crippen LogP contribution < -0.4 is 0 Å². The second-order valence-corrected chi connectivity index (χ2v) is 7.01. The number of ether oxygens (including phenoxy) is 2. The summed E-state index contributed by atoms with van der Waals surface area (Å²) >= 11 is 0. The Balaban J connectivity index is 1.87. The average Bonchev–Trinajstić information content (AvgIpc) is 2.59. The summed E-state index contributed by atoms with van der Waals surface area (Å²) in [7, 11) is 0. The Morgan fingerprint density at radius 2 is 1.79 bits per heavy atom. The van der Waals surface area contributed by atoms with Crippen molar-refractivity contribution in [3.63, 3.8) is 0 Å². The van der Waals surface area contributed by atoms with Gasteiger partial charge in [-0.15, -0.1) is 0 Å². The fourth-order valence-electron chi connectivity index (χ4n) is 4.64. The lowest BCUT2D eigenvalue weighted by atomic mass is 9.70. The van der Waals surface area contributed by atoms with Gasteiger partial charge in [0.2, 0.25) is 0 Å². The van der Waals surface area contributed by atoms with Gasteiger partial charge < -0.3 is 14.6 Å². The molecule has 0 aromatic heterocycles. The van der Waals surface area contributed by atoms with E-state index in [1.165, 1.54) is 5.56 Å². The van der Waals surface area contributed by atoms with E-state index < -0.39 is 11.4 Å². The number of rotatable bonds is 6. The minimum Gasteiger partial charge on any atom is -0.383 e. The van der Waals surface area contributed by atoms with Crippen LogP contribution in [0.1, 0.15) is 51.5 Å². The monoisotopic (exact) mass is 333 g/mol. The Morgan fingerprint density at radius 3 is 2.46 bits per heavy atom. The third kappa shape index (κ3) is 3.13. The Labute approximate surface area is 145 Å². The minimum atomic E-state index is -0.926. The molecule has 4 heteroatoms. The number of fused-ring (bicyclic) bond motifs is 1. The molecule has 1 saturated carbocycles. The third-order valence-electron chi connectivity index (χ3n) is 5.65. The third-order valence-corrected chi connectivity index (χ3v) is 5.65. The van der Waals surface area contributed by atoms with Crippen molar-refractivity contribution in [2.75, 3.05) is 19.8 Å². The van der Waals surface area contributed by atoms with E-state index in [2.05, 4.69) is 29.2 Å². The zero-order valence-corrected chi connectivity index (χ0v) is 15.0. The second kappa shape index (κ2) is 7.52. The lowest BCUT2D eigenvalue weighted by molar-refractivity contribution is -0.358. The summed E-state index contributed by atoms with van der Waals surface area (Å²) in [6.07, 6.45) is 4.67. The molecule has 1 saturated heterocycles. The van der Waals surface area contributed by atoms with E-state index in [1.54, 1.807) is 0 Å². The summed E-state index contributed by atoms with van der Waals surface area (Å²) in [6, 6.07) is 10.6. The number of nitrogens with zero attached hydrogens (tertiary/aromatic N) is 1. The molecule has 1 aromatic carbocycles. The van der Waals surface area contributed by atoms with Crippen molar-refractivity contribution in [2.24, 2.45) is 0 Å². The van der Waals surface area contributed by atoms with Crippen molar-refractivity contribution >= 4 is 0 Å². The molecule has 1 N–H and O–H groups in total. The number of hydrogen-bond acceptors (Lipinski definition) is 4. The van der Waals surface area contributed by atoms with Crippen molar-refractivity contribution in [3.05, 3.63) is 35.9 Å². The van der Waals surface area contributed by atoms with Gasteiger partial charge in [0.15, 0.2) is 5.79 Å². The molecule has 1 aliphatic carbocycles. The first kappa shape index (κ1) is 17.9. The molecule has 3 rings (SSSR count). The zero-order valence-electron chi connectivity index (χ0n) is 15.0. The van der Waals surface area contributed by atoms with Crippen LogP contribution in [0.2, 0.25) is 0 Å². The van der Waals surface area contributed by atoms with Crippen LogP contribution in [0, 0.1) is 0 Å².